The Hall–Kier alpha value is -0.950. The minimum atomic E-state index is 0.414. The molecule has 3 aromatic carbocycles. The minimum Gasteiger partial charge on any atom is -0.0826 e. The second-order valence-corrected chi connectivity index (χ2v) is 5.03. The summed E-state index contributed by atoms with van der Waals surface area (Å²) in [6, 6.07) is 14.0. The normalized spacial score (nSPS) is 11.2. The highest BCUT2D eigenvalue weighted by molar-refractivity contribution is 6.51. The van der Waals surface area contributed by atoms with Crippen LogP contribution in [0.2, 0.25) is 15.1 Å². The lowest BCUT2D eigenvalue weighted by Crippen LogP contribution is -1.81. The molecular weight excluding hydrogens is 275 g/mol. The Morgan fingerprint density at radius 3 is 2.24 bits per heavy atom. The minimum absolute atomic E-state index is 0.414. The molecule has 0 saturated carbocycles. The van der Waals surface area contributed by atoms with Crippen LogP contribution in [0.4, 0.5) is 0 Å². The van der Waals surface area contributed by atoms with Gasteiger partial charge in [0, 0.05) is 5.39 Å². The number of hydrogen-bond donors (Lipinski definition) is 0. The second kappa shape index (κ2) is 4.06. The smallest absolute Gasteiger partial charge is 0.0785 e. The summed E-state index contributed by atoms with van der Waals surface area (Å²) >= 11 is 18.4. The topological polar surface area (TPSA) is 0 Å². The van der Waals surface area contributed by atoms with Crippen LogP contribution in [0.25, 0.3) is 21.5 Å². The van der Waals surface area contributed by atoms with E-state index < -0.39 is 0 Å². The molecule has 0 amide bonds. The molecule has 0 aliphatic rings. The predicted molar refractivity (Wildman–Crippen MR) is 76.5 cm³/mol. The zero-order valence-electron chi connectivity index (χ0n) is 8.68. The van der Waals surface area contributed by atoms with Gasteiger partial charge < -0.3 is 0 Å². The molecule has 3 rings (SSSR count). The molecule has 0 saturated heterocycles. The molecule has 0 unspecified atom stereocenters. The van der Waals surface area contributed by atoms with E-state index in [2.05, 4.69) is 6.07 Å². The standard InChI is InChI=1S/C14H7Cl3/c15-11-7-9-6-5-8-3-1-2-4-10(8)12(9)14(17)13(11)16/h1-7H. The summed E-state index contributed by atoms with van der Waals surface area (Å²) < 4.78 is 0. The lowest BCUT2D eigenvalue weighted by atomic mass is 10.0. The quantitative estimate of drug-likeness (QED) is 0.352. The molecule has 0 radical (unpaired) electrons. The fraction of sp³-hybridized carbons (Fsp3) is 0. The highest BCUT2D eigenvalue weighted by Gasteiger charge is 2.11. The molecular formula is C14H7Cl3. The Bertz CT molecular complexity index is 732. The van der Waals surface area contributed by atoms with E-state index in [9.17, 15) is 0 Å². The fourth-order valence-corrected chi connectivity index (χ4v) is 2.79. The molecule has 0 aromatic heterocycles. The molecule has 0 bridgehead atoms. The van der Waals surface area contributed by atoms with E-state index in [-0.39, 0.29) is 0 Å². The van der Waals surface area contributed by atoms with Gasteiger partial charge in [0.25, 0.3) is 0 Å². The first-order chi connectivity index (χ1) is 8.18. The predicted octanol–water partition coefficient (Wildman–Crippen LogP) is 5.95. The van der Waals surface area contributed by atoms with Crippen LogP contribution in [0.1, 0.15) is 0 Å². The first-order valence-electron chi connectivity index (χ1n) is 5.13. The van der Waals surface area contributed by atoms with Crippen molar-refractivity contribution < 1.29 is 0 Å². The van der Waals surface area contributed by atoms with Crippen LogP contribution in [0.15, 0.2) is 42.5 Å². The fourth-order valence-electron chi connectivity index (χ4n) is 2.07. The Morgan fingerprint density at radius 1 is 0.706 bits per heavy atom. The first-order valence-corrected chi connectivity index (χ1v) is 6.27. The summed E-state index contributed by atoms with van der Waals surface area (Å²) in [5.41, 5.74) is 0. The number of hydrogen-bond acceptors (Lipinski definition) is 0. The third kappa shape index (κ3) is 1.68. The van der Waals surface area contributed by atoms with Crippen molar-refractivity contribution in [2.24, 2.45) is 0 Å². The van der Waals surface area contributed by atoms with Gasteiger partial charge in [0.1, 0.15) is 0 Å². The third-order valence-electron chi connectivity index (χ3n) is 2.87. The highest BCUT2D eigenvalue weighted by atomic mass is 35.5. The summed E-state index contributed by atoms with van der Waals surface area (Å²) in [5, 5.41) is 5.61. The van der Waals surface area contributed by atoms with Crippen LogP contribution < -0.4 is 0 Å². The van der Waals surface area contributed by atoms with Gasteiger partial charge in [-0.25, -0.2) is 0 Å². The maximum Gasteiger partial charge on any atom is 0.0785 e. The van der Waals surface area contributed by atoms with Crippen molar-refractivity contribution >= 4 is 56.3 Å². The zero-order valence-corrected chi connectivity index (χ0v) is 10.9. The molecule has 3 heteroatoms. The largest absolute Gasteiger partial charge is 0.0826 e. The molecule has 0 nitrogen and oxygen atoms in total. The molecule has 3 aromatic rings. The third-order valence-corrected chi connectivity index (χ3v) is 4.13. The van der Waals surface area contributed by atoms with Gasteiger partial charge in [-0.05, 0) is 22.2 Å². The monoisotopic (exact) mass is 280 g/mol. The number of halogens is 3. The average Bonchev–Trinajstić information content (AvgIpc) is 2.35. The summed E-state index contributed by atoms with van der Waals surface area (Å²) in [4.78, 5) is 0. The van der Waals surface area contributed by atoms with Crippen LogP contribution in [-0.2, 0) is 0 Å². The van der Waals surface area contributed by atoms with E-state index in [4.69, 9.17) is 34.8 Å². The molecule has 84 valence electrons. The molecule has 0 fully saturated rings. The Balaban J connectivity index is 2.62. The molecule has 0 aliphatic heterocycles. The first kappa shape index (κ1) is 11.2. The van der Waals surface area contributed by atoms with E-state index in [1.165, 1.54) is 0 Å². The number of benzene rings is 3. The molecule has 0 atom stereocenters. The Labute approximate surface area is 114 Å². The summed E-state index contributed by atoms with van der Waals surface area (Å²) in [6.07, 6.45) is 0. The van der Waals surface area contributed by atoms with Crippen molar-refractivity contribution in [2.75, 3.05) is 0 Å². The number of rotatable bonds is 0. The van der Waals surface area contributed by atoms with E-state index in [1.807, 2.05) is 36.4 Å². The van der Waals surface area contributed by atoms with E-state index in [0.717, 1.165) is 21.5 Å². The van der Waals surface area contributed by atoms with E-state index >= 15 is 0 Å². The van der Waals surface area contributed by atoms with Crippen molar-refractivity contribution in [3.8, 4) is 0 Å². The van der Waals surface area contributed by atoms with Gasteiger partial charge >= 0.3 is 0 Å². The summed E-state index contributed by atoms with van der Waals surface area (Å²) in [5.74, 6) is 0. The zero-order chi connectivity index (χ0) is 12.0. The Morgan fingerprint density at radius 2 is 1.41 bits per heavy atom. The lowest BCUT2D eigenvalue weighted by Gasteiger charge is -2.08. The SMILES string of the molecule is Clc1cc2ccc3ccccc3c2c(Cl)c1Cl. The number of fused-ring (bicyclic) bond motifs is 3. The van der Waals surface area contributed by atoms with Gasteiger partial charge in [-0.2, -0.15) is 0 Å². The highest BCUT2D eigenvalue weighted by Crippen LogP contribution is 2.39. The van der Waals surface area contributed by atoms with Crippen molar-refractivity contribution in [1.29, 1.82) is 0 Å². The van der Waals surface area contributed by atoms with Gasteiger partial charge in [0.2, 0.25) is 0 Å². The maximum atomic E-state index is 6.29. The van der Waals surface area contributed by atoms with Gasteiger partial charge in [0.15, 0.2) is 0 Å². The Kier molecular flexibility index (Phi) is 2.67. The van der Waals surface area contributed by atoms with Crippen molar-refractivity contribution in [3.05, 3.63) is 57.5 Å². The molecule has 0 spiro atoms. The summed E-state index contributed by atoms with van der Waals surface area (Å²) in [7, 11) is 0. The molecule has 0 aliphatic carbocycles. The molecule has 17 heavy (non-hydrogen) atoms. The lowest BCUT2D eigenvalue weighted by molar-refractivity contribution is 1.76. The van der Waals surface area contributed by atoms with Crippen LogP contribution in [0.5, 0.6) is 0 Å². The van der Waals surface area contributed by atoms with Crippen LogP contribution >= 0.6 is 34.8 Å². The maximum absolute atomic E-state index is 6.29. The van der Waals surface area contributed by atoms with Crippen LogP contribution in [0, 0.1) is 0 Å². The molecule has 0 N–H and O–H groups in total. The summed E-state index contributed by atoms with van der Waals surface area (Å²) in [6.45, 7) is 0. The van der Waals surface area contributed by atoms with Gasteiger partial charge in [0.05, 0.1) is 15.1 Å². The average molecular weight is 282 g/mol. The van der Waals surface area contributed by atoms with Crippen molar-refractivity contribution in [1.82, 2.24) is 0 Å². The van der Waals surface area contributed by atoms with E-state index in [0.29, 0.717) is 15.1 Å². The second-order valence-electron chi connectivity index (χ2n) is 3.87. The van der Waals surface area contributed by atoms with Crippen molar-refractivity contribution in [2.45, 2.75) is 0 Å². The van der Waals surface area contributed by atoms with Gasteiger partial charge in [-0.3, -0.25) is 0 Å². The van der Waals surface area contributed by atoms with Crippen molar-refractivity contribution in [3.63, 3.8) is 0 Å². The molecule has 0 heterocycles. The van der Waals surface area contributed by atoms with Gasteiger partial charge in [-0.1, -0.05) is 71.2 Å². The van der Waals surface area contributed by atoms with E-state index in [1.54, 1.807) is 0 Å². The van der Waals surface area contributed by atoms with Crippen LogP contribution in [-0.4, -0.2) is 0 Å². The van der Waals surface area contributed by atoms with Gasteiger partial charge in [-0.15, -0.1) is 0 Å². The van der Waals surface area contributed by atoms with Crippen LogP contribution in [0.3, 0.4) is 0 Å².